The summed E-state index contributed by atoms with van der Waals surface area (Å²) in [5, 5.41) is 3.19. The van der Waals surface area contributed by atoms with Gasteiger partial charge in [-0.15, -0.1) is 0 Å². The topological polar surface area (TPSA) is 63.2 Å². The lowest BCUT2D eigenvalue weighted by Crippen LogP contribution is -2.22. The van der Waals surface area contributed by atoms with E-state index in [-0.39, 0.29) is 11.6 Å². The Hall–Kier alpha value is -2.97. The average Bonchev–Trinajstić information content (AvgIpc) is 2.59. The number of nitrogens with one attached hydrogen (secondary N) is 1. The van der Waals surface area contributed by atoms with Crippen LogP contribution in [0.25, 0.3) is 0 Å². The Bertz CT molecular complexity index is 832. The van der Waals surface area contributed by atoms with Crippen LogP contribution in [0.15, 0.2) is 48.5 Å². The van der Waals surface area contributed by atoms with E-state index in [1.54, 1.807) is 48.4 Å². The van der Waals surface area contributed by atoms with Crippen molar-refractivity contribution in [1.82, 2.24) is 0 Å². The van der Waals surface area contributed by atoms with E-state index in [4.69, 9.17) is 0 Å². The first-order chi connectivity index (χ1) is 11.2. The first kappa shape index (κ1) is 14.9. The maximum Gasteiger partial charge on any atom is 0.196 e. The number of carbonyl (C=O) groups is 2. The fourth-order valence-corrected chi connectivity index (χ4v) is 2.78. The number of ketones is 2. The van der Waals surface area contributed by atoms with E-state index in [1.165, 1.54) is 6.08 Å². The quantitative estimate of drug-likeness (QED) is 0.581. The number of fused-ring (bicyclic) bond motifs is 2. The molecule has 0 fully saturated rings. The number of hydrogen-bond acceptors (Lipinski definition) is 4. The highest BCUT2D eigenvalue weighted by Gasteiger charge is 2.31. The van der Waals surface area contributed by atoms with Crippen molar-refractivity contribution in [2.24, 2.45) is 0 Å². The Morgan fingerprint density at radius 2 is 1.61 bits per heavy atom. The predicted octanol–water partition coefficient (Wildman–Crippen LogP) is 3.04. The van der Waals surface area contributed by atoms with Crippen molar-refractivity contribution in [2.45, 2.75) is 12.8 Å². The second-order valence-corrected chi connectivity index (χ2v) is 5.32. The number of carbonyl (C=O) groups excluding carboxylic acids is 3. The highest BCUT2D eigenvalue weighted by atomic mass is 16.1. The van der Waals surface area contributed by atoms with Gasteiger partial charge in [0, 0.05) is 28.9 Å². The van der Waals surface area contributed by atoms with Gasteiger partial charge in [-0.3, -0.25) is 9.59 Å². The molecule has 114 valence electrons. The smallest absolute Gasteiger partial charge is 0.196 e. The molecule has 0 aromatic heterocycles. The number of benzene rings is 2. The maximum absolute atomic E-state index is 12.8. The molecule has 1 aliphatic rings. The van der Waals surface area contributed by atoms with Gasteiger partial charge in [0.1, 0.15) is 5.94 Å². The fourth-order valence-electron chi connectivity index (χ4n) is 2.78. The van der Waals surface area contributed by atoms with Crippen molar-refractivity contribution in [2.75, 3.05) is 11.9 Å². The summed E-state index contributed by atoms with van der Waals surface area (Å²) >= 11 is 0. The lowest BCUT2D eigenvalue weighted by molar-refractivity contribution is 0.0979. The molecule has 0 heterocycles. The summed E-state index contributed by atoms with van der Waals surface area (Å²) < 4.78 is 0. The van der Waals surface area contributed by atoms with Gasteiger partial charge in [-0.25, -0.2) is 4.79 Å². The van der Waals surface area contributed by atoms with Crippen LogP contribution < -0.4 is 5.32 Å². The van der Waals surface area contributed by atoms with Crippen LogP contribution in [0, 0.1) is 0 Å². The van der Waals surface area contributed by atoms with E-state index >= 15 is 0 Å². The molecule has 0 amide bonds. The molecule has 4 nitrogen and oxygen atoms in total. The average molecular weight is 305 g/mol. The zero-order valence-corrected chi connectivity index (χ0v) is 12.5. The molecule has 0 atom stereocenters. The number of hydrogen-bond donors (Lipinski definition) is 1. The number of unbranched alkanes of at least 4 members (excludes halogenated alkanes) is 1. The zero-order chi connectivity index (χ0) is 16.2. The molecule has 0 aliphatic heterocycles. The highest BCUT2D eigenvalue weighted by Crippen LogP contribution is 2.31. The van der Waals surface area contributed by atoms with Gasteiger partial charge in [0.25, 0.3) is 0 Å². The molecule has 0 saturated carbocycles. The summed E-state index contributed by atoms with van der Waals surface area (Å²) in [5.41, 5.74) is 2.43. The molecule has 4 heteroatoms. The van der Waals surface area contributed by atoms with E-state index in [0.717, 1.165) is 6.42 Å². The van der Waals surface area contributed by atoms with Crippen molar-refractivity contribution >= 4 is 23.2 Å². The minimum absolute atomic E-state index is 0.122. The largest absolute Gasteiger partial charge is 0.384 e. The minimum Gasteiger partial charge on any atom is -0.384 e. The van der Waals surface area contributed by atoms with E-state index in [9.17, 15) is 14.4 Å². The molecule has 2 aromatic carbocycles. The third kappa shape index (κ3) is 2.72. The van der Waals surface area contributed by atoms with Crippen molar-refractivity contribution in [3.05, 3.63) is 70.8 Å². The zero-order valence-electron chi connectivity index (χ0n) is 12.5. The normalized spacial score (nSPS) is 12.2. The predicted molar refractivity (Wildman–Crippen MR) is 87.7 cm³/mol. The Kier molecular flexibility index (Phi) is 4.18. The first-order valence-electron chi connectivity index (χ1n) is 7.48. The molecular weight excluding hydrogens is 290 g/mol. The molecule has 0 bridgehead atoms. The Balaban J connectivity index is 1.93. The van der Waals surface area contributed by atoms with Crippen LogP contribution in [0.4, 0.5) is 5.69 Å². The van der Waals surface area contributed by atoms with Gasteiger partial charge in [-0.2, -0.15) is 0 Å². The van der Waals surface area contributed by atoms with Gasteiger partial charge in [-0.05, 0) is 25.0 Å². The maximum atomic E-state index is 12.8. The number of anilines is 1. The van der Waals surface area contributed by atoms with Gasteiger partial charge in [0.2, 0.25) is 0 Å². The van der Waals surface area contributed by atoms with Gasteiger partial charge < -0.3 is 5.32 Å². The molecule has 2 aromatic rings. The molecular formula is C19H15NO3. The summed E-state index contributed by atoms with van der Waals surface area (Å²) in [6.45, 7) is 0.609. The van der Waals surface area contributed by atoms with Crippen LogP contribution in [0.2, 0.25) is 0 Å². The van der Waals surface area contributed by atoms with Gasteiger partial charge in [0.15, 0.2) is 11.6 Å². The standard InChI is InChI=1S/C19H15NO3/c21-12-5-1-4-11-20-16-10-6-9-15-17(16)19(23)14-8-3-2-7-13(14)18(15)22/h2-3,5-10,20H,1,4,11H2. The monoisotopic (exact) mass is 305 g/mol. The minimum atomic E-state index is -0.133. The van der Waals surface area contributed by atoms with E-state index < -0.39 is 0 Å². The van der Waals surface area contributed by atoms with Crippen molar-refractivity contribution < 1.29 is 14.4 Å². The van der Waals surface area contributed by atoms with Crippen LogP contribution >= 0.6 is 0 Å². The summed E-state index contributed by atoms with van der Waals surface area (Å²) in [6.07, 6.45) is 2.81. The van der Waals surface area contributed by atoms with Crippen LogP contribution in [-0.2, 0) is 4.79 Å². The second kappa shape index (κ2) is 6.42. The van der Waals surface area contributed by atoms with Gasteiger partial charge in [-0.1, -0.05) is 36.4 Å². The van der Waals surface area contributed by atoms with Gasteiger partial charge in [0.05, 0.1) is 5.56 Å². The van der Waals surface area contributed by atoms with E-state index in [2.05, 4.69) is 5.32 Å². The van der Waals surface area contributed by atoms with Crippen molar-refractivity contribution in [3.8, 4) is 0 Å². The molecule has 0 unspecified atom stereocenters. The Labute approximate surface area is 133 Å². The summed E-state index contributed by atoms with van der Waals surface area (Å²) in [6, 6.07) is 12.1. The molecule has 23 heavy (non-hydrogen) atoms. The number of allylic oxidation sites excluding steroid dienone is 1. The van der Waals surface area contributed by atoms with Crippen LogP contribution in [-0.4, -0.2) is 24.1 Å². The lowest BCUT2D eigenvalue weighted by Gasteiger charge is -2.20. The lowest BCUT2D eigenvalue weighted by atomic mass is 9.83. The summed E-state index contributed by atoms with van der Waals surface area (Å²) in [5.74, 6) is 1.48. The van der Waals surface area contributed by atoms with Crippen LogP contribution in [0.3, 0.4) is 0 Å². The first-order valence-corrected chi connectivity index (χ1v) is 7.48. The van der Waals surface area contributed by atoms with E-state index in [1.807, 2.05) is 0 Å². The second-order valence-electron chi connectivity index (χ2n) is 5.32. The SMILES string of the molecule is O=C=CCCCNc1cccc2c1C(=O)c1ccccc1C2=O. The molecule has 1 N–H and O–H groups in total. The molecule has 0 spiro atoms. The van der Waals surface area contributed by atoms with Crippen molar-refractivity contribution in [1.29, 1.82) is 0 Å². The van der Waals surface area contributed by atoms with Crippen LogP contribution in [0.1, 0.15) is 44.7 Å². The van der Waals surface area contributed by atoms with Gasteiger partial charge >= 0.3 is 0 Å². The fraction of sp³-hybridized carbons (Fsp3) is 0.158. The summed E-state index contributed by atoms with van der Waals surface area (Å²) in [7, 11) is 0. The molecule has 3 rings (SSSR count). The van der Waals surface area contributed by atoms with Crippen molar-refractivity contribution in [3.63, 3.8) is 0 Å². The number of rotatable bonds is 5. The Morgan fingerprint density at radius 1 is 0.913 bits per heavy atom. The third-order valence-corrected chi connectivity index (χ3v) is 3.88. The Morgan fingerprint density at radius 3 is 2.35 bits per heavy atom. The summed E-state index contributed by atoms with van der Waals surface area (Å²) in [4.78, 5) is 35.5. The third-order valence-electron chi connectivity index (χ3n) is 3.88. The molecule has 0 saturated heterocycles. The molecule has 1 aliphatic carbocycles. The van der Waals surface area contributed by atoms with Crippen LogP contribution in [0.5, 0.6) is 0 Å². The van der Waals surface area contributed by atoms with E-state index in [0.29, 0.717) is 40.9 Å². The molecule has 0 radical (unpaired) electrons. The highest BCUT2D eigenvalue weighted by molar-refractivity contribution is 6.30.